The van der Waals surface area contributed by atoms with Crippen LogP contribution in [0.2, 0.25) is 0 Å². The molecule has 3 rings (SSSR count). The summed E-state index contributed by atoms with van der Waals surface area (Å²) < 4.78 is 1.07. The molecule has 0 aliphatic heterocycles. The number of aryl methyl sites for hydroxylation is 2. The Hall–Kier alpha value is -1.93. The maximum absolute atomic E-state index is 11.9. The normalized spacial score (nSPS) is 11.0. The summed E-state index contributed by atoms with van der Waals surface area (Å²) in [5.74, 6) is 0.879. The number of aromatic amines is 1. The maximum Gasteiger partial charge on any atom is 0.236 e. The first kappa shape index (κ1) is 14.0. The Balaban J connectivity index is 1.63. The van der Waals surface area contributed by atoms with E-state index in [1.807, 2.05) is 26.0 Å². The third-order valence-corrected chi connectivity index (χ3v) is 4.48. The third-order valence-electron chi connectivity index (χ3n) is 2.70. The average Bonchev–Trinajstić information content (AvgIpc) is 3.01. The second-order valence-electron chi connectivity index (χ2n) is 4.53. The molecule has 0 fully saturated rings. The Bertz CT molecular complexity index is 795. The van der Waals surface area contributed by atoms with E-state index in [0.717, 1.165) is 16.0 Å². The summed E-state index contributed by atoms with van der Waals surface area (Å²) in [6.07, 6.45) is 0. The van der Waals surface area contributed by atoms with Crippen LogP contribution in [0.5, 0.6) is 0 Å². The van der Waals surface area contributed by atoms with Gasteiger partial charge in [-0.3, -0.25) is 9.89 Å². The molecule has 0 saturated carbocycles. The largest absolute Gasteiger partial charge is 0.301 e. The van der Waals surface area contributed by atoms with Crippen LogP contribution in [0.4, 0.5) is 5.13 Å². The van der Waals surface area contributed by atoms with Crippen LogP contribution in [-0.4, -0.2) is 31.8 Å². The van der Waals surface area contributed by atoms with Crippen molar-refractivity contribution in [2.24, 2.45) is 0 Å². The summed E-state index contributed by atoms with van der Waals surface area (Å²) in [5, 5.41) is 10.7. The highest BCUT2D eigenvalue weighted by Crippen LogP contribution is 2.26. The monoisotopic (exact) mass is 319 g/mol. The molecule has 8 heteroatoms. The van der Waals surface area contributed by atoms with Gasteiger partial charge in [0.05, 0.1) is 16.0 Å². The number of H-pyrrole nitrogens is 1. The van der Waals surface area contributed by atoms with Crippen molar-refractivity contribution in [1.29, 1.82) is 0 Å². The van der Waals surface area contributed by atoms with E-state index in [1.54, 1.807) is 0 Å². The summed E-state index contributed by atoms with van der Waals surface area (Å²) in [6, 6.07) is 6.03. The van der Waals surface area contributed by atoms with Crippen molar-refractivity contribution in [2.75, 3.05) is 11.1 Å². The van der Waals surface area contributed by atoms with Crippen LogP contribution in [0.1, 0.15) is 11.4 Å². The average molecular weight is 319 g/mol. The number of aromatic nitrogens is 4. The van der Waals surface area contributed by atoms with E-state index >= 15 is 0 Å². The van der Waals surface area contributed by atoms with Gasteiger partial charge in [-0.25, -0.2) is 9.97 Å². The number of fused-ring (bicyclic) bond motifs is 1. The molecule has 3 aromatic rings. The highest BCUT2D eigenvalue weighted by atomic mass is 32.2. The van der Waals surface area contributed by atoms with Crippen molar-refractivity contribution in [1.82, 2.24) is 20.2 Å². The first-order valence-electron chi connectivity index (χ1n) is 6.29. The minimum atomic E-state index is -0.113. The van der Waals surface area contributed by atoms with Gasteiger partial charge in [0, 0.05) is 0 Å². The highest BCUT2D eigenvalue weighted by Gasteiger charge is 2.10. The van der Waals surface area contributed by atoms with Crippen LogP contribution in [-0.2, 0) is 4.79 Å². The third kappa shape index (κ3) is 3.40. The van der Waals surface area contributed by atoms with E-state index < -0.39 is 0 Å². The smallest absolute Gasteiger partial charge is 0.236 e. The summed E-state index contributed by atoms with van der Waals surface area (Å²) in [5.41, 5.74) is 2.08. The van der Waals surface area contributed by atoms with Crippen LogP contribution < -0.4 is 5.32 Å². The molecule has 0 aliphatic rings. The van der Waals surface area contributed by atoms with Gasteiger partial charge < -0.3 is 5.32 Å². The van der Waals surface area contributed by atoms with Crippen LogP contribution >= 0.6 is 23.1 Å². The fraction of sp³-hybridized carbons (Fsp3) is 0.231. The van der Waals surface area contributed by atoms with Gasteiger partial charge in [-0.2, -0.15) is 0 Å². The molecule has 0 saturated heterocycles. The Kier molecular flexibility index (Phi) is 3.89. The number of thiazole rings is 1. The lowest BCUT2D eigenvalue weighted by Gasteiger charge is -1.98. The zero-order chi connectivity index (χ0) is 14.8. The van der Waals surface area contributed by atoms with Gasteiger partial charge in [0.25, 0.3) is 0 Å². The molecule has 2 aromatic heterocycles. The molecule has 2 N–H and O–H groups in total. The number of benzene rings is 1. The topological polar surface area (TPSA) is 83.6 Å². The van der Waals surface area contributed by atoms with Gasteiger partial charge in [0.1, 0.15) is 5.82 Å². The predicted octanol–water partition coefficient (Wildman–Crippen LogP) is 2.76. The molecule has 0 spiro atoms. The van der Waals surface area contributed by atoms with Crippen molar-refractivity contribution in [3.8, 4) is 0 Å². The van der Waals surface area contributed by atoms with Crippen LogP contribution in [0.3, 0.4) is 0 Å². The van der Waals surface area contributed by atoms with Crippen LogP contribution in [0.15, 0.2) is 23.4 Å². The number of carbonyl (C=O) groups excluding carboxylic acids is 1. The molecular weight excluding hydrogens is 306 g/mol. The number of anilines is 1. The SMILES string of the molecule is Cc1ccc2nc(NC(=O)CSc3n[nH]c(C)n3)sc2c1. The molecule has 0 radical (unpaired) electrons. The molecule has 21 heavy (non-hydrogen) atoms. The predicted molar refractivity (Wildman–Crippen MR) is 84.8 cm³/mol. The number of nitrogens with one attached hydrogen (secondary N) is 2. The number of carbonyl (C=O) groups is 1. The molecule has 1 amide bonds. The Morgan fingerprint density at radius 3 is 3.00 bits per heavy atom. The maximum atomic E-state index is 11.9. The number of rotatable bonds is 4. The standard InChI is InChI=1S/C13H13N5OS2/c1-7-3-4-9-10(5-7)21-12(15-9)16-11(19)6-20-13-14-8(2)17-18-13/h3-5H,6H2,1-2H3,(H,14,17,18)(H,15,16,19). The van der Waals surface area contributed by atoms with E-state index in [0.29, 0.717) is 10.3 Å². The number of hydrogen-bond acceptors (Lipinski definition) is 6. The molecule has 108 valence electrons. The summed E-state index contributed by atoms with van der Waals surface area (Å²) >= 11 is 2.77. The second kappa shape index (κ2) is 5.82. The number of amides is 1. The van der Waals surface area contributed by atoms with E-state index in [4.69, 9.17) is 0 Å². The van der Waals surface area contributed by atoms with Crippen molar-refractivity contribution in [3.05, 3.63) is 29.6 Å². The summed E-state index contributed by atoms with van der Waals surface area (Å²) in [6.45, 7) is 3.85. The summed E-state index contributed by atoms with van der Waals surface area (Å²) in [7, 11) is 0. The Morgan fingerprint density at radius 2 is 2.24 bits per heavy atom. The van der Waals surface area contributed by atoms with Crippen molar-refractivity contribution in [3.63, 3.8) is 0 Å². The van der Waals surface area contributed by atoms with E-state index in [9.17, 15) is 4.79 Å². The molecular formula is C13H13N5OS2. The lowest BCUT2D eigenvalue weighted by atomic mass is 10.2. The van der Waals surface area contributed by atoms with Crippen molar-refractivity contribution >= 4 is 44.4 Å². The number of thioether (sulfide) groups is 1. The Morgan fingerprint density at radius 1 is 1.38 bits per heavy atom. The van der Waals surface area contributed by atoms with E-state index in [-0.39, 0.29) is 11.7 Å². The van der Waals surface area contributed by atoms with Crippen molar-refractivity contribution < 1.29 is 4.79 Å². The fourth-order valence-electron chi connectivity index (χ4n) is 1.76. The second-order valence-corrected chi connectivity index (χ2v) is 6.50. The molecule has 0 unspecified atom stereocenters. The lowest BCUT2D eigenvalue weighted by molar-refractivity contribution is -0.113. The Labute approximate surface area is 129 Å². The highest BCUT2D eigenvalue weighted by molar-refractivity contribution is 7.99. The van der Waals surface area contributed by atoms with Gasteiger partial charge in [-0.15, -0.1) is 5.10 Å². The molecule has 6 nitrogen and oxygen atoms in total. The summed E-state index contributed by atoms with van der Waals surface area (Å²) in [4.78, 5) is 20.4. The number of hydrogen-bond donors (Lipinski definition) is 2. The van der Waals surface area contributed by atoms with Crippen LogP contribution in [0.25, 0.3) is 10.2 Å². The zero-order valence-electron chi connectivity index (χ0n) is 11.5. The van der Waals surface area contributed by atoms with Gasteiger partial charge in [-0.05, 0) is 31.5 Å². The molecule has 0 aliphatic carbocycles. The molecule has 1 aromatic carbocycles. The molecule has 0 atom stereocenters. The van der Waals surface area contributed by atoms with Crippen LogP contribution in [0, 0.1) is 13.8 Å². The molecule has 0 bridgehead atoms. The fourth-order valence-corrected chi connectivity index (χ4v) is 3.38. The minimum Gasteiger partial charge on any atom is -0.301 e. The zero-order valence-corrected chi connectivity index (χ0v) is 13.1. The first-order valence-corrected chi connectivity index (χ1v) is 8.09. The van der Waals surface area contributed by atoms with Gasteiger partial charge in [0.15, 0.2) is 5.13 Å². The number of nitrogens with zero attached hydrogens (tertiary/aromatic N) is 3. The van der Waals surface area contributed by atoms with E-state index in [1.165, 1.54) is 28.7 Å². The molecule has 2 heterocycles. The van der Waals surface area contributed by atoms with Gasteiger partial charge >= 0.3 is 0 Å². The van der Waals surface area contributed by atoms with Crippen molar-refractivity contribution in [2.45, 2.75) is 19.0 Å². The lowest BCUT2D eigenvalue weighted by Crippen LogP contribution is -2.13. The minimum absolute atomic E-state index is 0.113. The van der Waals surface area contributed by atoms with Gasteiger partial charge in [-0.1, -0.05) is 29.2 Å². The quantitative estimate of drug-likeness (QED) is 0.722. The first-order chi connectivity index (χ1) is 10.1. The van der Waals surface area contributed by atoms with E-state index in [2.05, 4.69) is 31.5 Å². The van der Waals surface area contributed by atoms with Gasteiger partial charge in [0.2, 0.25) is 11.1 Å².